The van der Waals surface area contributed by atoms with Crippen LogP contribution in [0.25, 0.3) is 11.0 Å². The van der Waals surface area contributed by atoms with Gasteiger partial charge in [0.1, 0.15) is 0 Å². The maximum atomic E-state index is 13.4. The van der Waals surface area contributed by atoms with Crippen molar-refractivity contribution in [2.45, 2.75) is 51.3 Å². The highest BCUT2D eigenvalue weighted by molar-refractivity contribution is 7.92. The Morgan fingerprint density at radius 1 is 1.24 bits per heavy atom. The van der Waals surface area contributed by atoms with Gasteiger partial charge in [0.15, 0.2) is 0 Å². The van der Waals surface area contributed by atoms with E-state index in [0.717, 1.165) is 19.1 Å². The van der Waals surface area contributed by atoms with Crippen LogP contribution in [-0.4, -0.2) is 48.4 Å². The monoisotopic (exact) mass is 470 g/mol. The van der Waals surface area contributed by atoms with Gasteiger partial charge in [0.25, 0.3) is 5.91 Å². The minimum atomic E-state index is -3.50. The molecule has 176 valence electrons. The molecule has 33 heavy (non-hydrogen) atoms. The molecule has 0 saturated carbocycles. The Balaban J connectivity index is 1.67. The van der Waals surface area contributed by atoms with E-state index in [1.807, 2.05) is 36.6 Å². The zero-order valence-corrected chi connectivity index (χ0v) is 20.0. The predicted octanol–water partition coefficient (Wildman–Crippen LogP) is 3.34. The van der Waals surface area contributed by atoms with Gasteiger partial charge in [-0.05, 0) is 50.8 Å². The highest BCUT2D eigenvalue weighted by Gasteiger charge is 2.30. The number of carbonyl (C=O) groups is 1. The normalized spacial score (nSPS) is 18.2. The molecule has 1 saturated heterocycles. The van der Waals surface area contributed by atoms with E-state index < -0.39 is 10.0 Å². The Kier molecular flexibility index (Phi) is 6.45. The van der Waals surface area contributed by atoms with Crippen LogP contribution >= 0.6 is 0 Å². The van der Waals surface area contributed by atoms with Gasteiger partial charge in [-0.3, -0.25) is 9.52 Å². The Labute approximate surface area is 194 Å². The summed E-state index contributed by atoms with van der Waals surface area (Å²) in [5.41, 5.74) is 2.85. The zero-order valence-electron chi connectivity index (χ0n) is 19.2. The number of aromatic nitrogens is 2. The summed E-state index contributed by atoms with van der Waals surface area (Å²) in [6, 6.07) is 13.3. The third kappa shape index (κ3) is 5.91. The molecule has 1 unspecified atom stereocenters. The van der Waals surface area contributed by atoms with Crippen molar-refractivity contribution >= 4 is 32.7 Å². The number of ether oxygens (including phenoxy) is 1. The lowest BCUT2D eigenvalue weighted by Gasteiger charge is -2.35. The molecule has 0 spiro atoms. The molecule has 4 rings (SSSR count). The second kappa shape index (κ2) is 9.15. The van der Waals surface area contributed by atoms with Gasteiger partial charge < -0.3 is 14.6 Å². The smallest absolute Gasteiger partial charge is 0.253 e. The van der Waals surface area contributed by atoms with Crippen molar-refractivity contribution in [1.82, 2.24) is 14.9 Å². The summed E-state index contributed by atoms with van der Waals surface area (Å²) in [5.74, 6) is -0.249. The highest BCUT2D eigenvalue weighted by Crippen LogP contribution is 2.27. The number of anilines is 1. The lowest BCUT2D eigenvalue weighted by Crippen LogP contribution is -2.45. The number of imidazole rings is 1. The number of aryl methyl sites for hydroxylation is 2. The third-order valence-corrected chi connectivity index (χ3v) is 6.38. The van der Waals surface area contributed by atoms with Gasteiger partial charge >= 0.3 is 0 Å². The van der Waals surface area contributed by atoms with Gasteiger partial charge in [0, 0.05) is 19.2 Å². The molecule has 0 aliphatic carbocycles. The van der Waals surface area contributed by atoms with Gasteiger partial charge in [-0.2, -0.15) is 0 Å². The Morgan fingerprint density at radius 2 is 2.00 bits per heavy atom. The Morgan fingerprint density at radius 3 is 2.70 bits per heavy atom. The first-order valence-electron chi connectivity index (χ1n) is 11.1. The minimum absolute atomic E-state index is 0.0245. The number of nitrogens with zero attached hydrogens (tertiary/aromatic N) is 2. The topological polar surface area (TPSA) is 102 Å². The lowest BCUT2D eigenvalue weighted by molar-refractivity contribution is -0.0615. The molecule has 2 N–H and O–H groups in total. The molecule has 9 heteroatoms. The molecule has 2 heterocycles. The molecule has 0 bridgehead atoms. The Bertz CT molecular complexity index is 1250. The van der Waals surface area contributed by atoms with Crippen LogP contribution in [0.1, 0.15) is 42.6 Å². The van der Waals surface area contributed by atoms with Crippen molar-refractivity contribution < 1.29 is 17.9 Å². The van der Waals surface area contributed by atoms with Crippen molar-refractivity contribution in [2.75, 3.05) is 17.6 Å². The van der Waals surface area contributed by atoms with Gasteiger partial charge in [-0.15, -0.1) is 0 Å². The van der Waals surface area contributed by atoms with E-state index in [9.17, 15) is 13.2 Å². The molecule has 3 aromatic rings. The summed E-state index contributed by atoms with van der Waals surface area (Å²) in [6.45, 7) is 5.25. The molecule has 1 fully saturated rings. The number of benzene rings is 2. The van der Waals surface area contributed by atoms with Crippen molar-refractivity contribution in [2.24, 2.45) is 0 Å². The van der Waals surface area contributed by atoms with Gasteiger partial charge in [0.05, 0.1) is 40.5 Å². The molecular formula is C24H30N4O4S. The molecule has 1 amide bonds. The van der Waals surface area contributed by atoms with Crippen LogP contribution in [0, 0.1) is 0 Å². The average Bonchev–Trinajstić information content (AvgIpc) is 3.13. The number of sulfonamides is 1. The average molecular weight is 471 g/mol. The van der Waals surface area contributed by atoms with E-state index >= 15 is 0 Å². The molecule has 1 aliphatic rings. The van der Waals surface area contributed by atoms with Gasteiger partial charge in [-0.25, -0.2) is 13.4 Å². The zero-order chi connectivity index (χ0) is 23.6. The highest BCUT2D eigenvalue weighted by atomic mass is 32.2. The first-order valence-corrected chi connectivity index (χ1v) is 12.9. The van der Waals surface area contributed by atoms with Crippen molar-refractivity contribution in [1.29, 1.82) is 0 Å². The van der Waals surface area contributed by atoms with Crippen LogP contribution < -0.4 is 10.0 Å². The van der Waals surface area contributed by atoms with E-state index in [1.54, 1.807) is 18.5 Å². The van der Waals surface area contributed by atoms with Crippen LogP contribution in [0.15, 0.2) is 48.8 Å². The second-order valence-corrected chi connectivity index (χ2v) is 11.0. The van der Waals surface area contributed by atoms with Crippen LogP contribution in [0.4, 0.5) is 5.69 Å². The lowest BCUT2D eigenvalue weighted by atomic mass is 9.93. The summed E-state index contributed by atoms with van der Waals surface area (Å²) >= 11 is 0. The van der Waals surface area contributed by atoms with E-state index in [1.165, 1.54) is 5.56 Å². The van der Waals surface area contributed by atoms with E-state index in [-0.39, 0.29) is 17.6 Å². The fraction of sp³-hybridized carbons (Fsp3) is 0.417. The van der Waals surface area contributed by atoms with Gasteiger partial charge in [-0.1, -0.05) is 30.3 Å². The van der Waals surface area contributed by atoms with Crippen molar-refractivity contribution in [3.63, 3.8) is 0 Å². The second-order valence-electron chi connectivity index (χ2n) is 9.21. The summed E-state index contributed by atoms with van der Waals surface area (Å²) < 4.78 is 33.8. The number of amides is 1. The third-order valence-electron chi connectivity index (χ3n) is 5.78. The minimum Gasteiger partial charge on any atom is -0.375 e. The number of carbonyl (C=O) groups excluding carboxylic acids is 1. The predicted molar refractivity (Wildman–Crippen MR) is 129 cm³/mol. The fourth-order valence-electron chi connectivity index (χ4n) is 4.34. The summed E-state index contributed by atoms with van der Waals surface area (Å²) in [5, 5.41) is 3.13. The van der Waals surface area contributed by atoms with Crippen LogP contribution in [0.2, 0.25) is 0 Å². The van der Waals surface area contributed by atoms with Crippen LogP contribution in [-0.2, 0) is 27.7 Å². The Hall–Kier alpha value is -2.91. The summed E-state index contributed by atoms with van der Waals surface area (Å²) in [7, 11) is -3.50. The molecule has 2 aromatic carbocycles. The summed E-state index contributed by atoms with van der Waals surface area (Å²) in [6.07, 6.45) is 5.00. The molecule has 1 atom stereocenters. The van der Waals surface area contributed by atoms with Crippen molar-refractivity contribution in [3.8, 4) is 0 Å². The number of hydrogen-bond acceptors (Lipinski definition) is 5. The number of hydrogen-bond donors (Lipinski definition) is 2. The molecule has 0 radical (unpaired) electrons. The molecule has 1 aliphatic heterocycles. The fourth-order valence-corrected chi connectivity index (χ4v) is 4.88. The number of nitrogens with one attached hydrogen (secondary N) is 2. The number of fused-ring (bicyclic) bond motifs is 1. The van der Waals surface area contributed by atoms with Crippen molar-refractivity contribution in [3.05, 3.63) is 59.9 Å². The first-order chi connectivity index (χ1) is 15.6. The van der Waals surface area contributed by atoms with E-state index in [2.05, 4.69) is 27.2 Å². The SMILES string of the molecule is CC1(C)CC(NC(=O)c2cc(NS(C)(=O)=O)cc3ncn(CCc4ccccc4)c23)CCO1. The van der Waals surface area contributed by atoms with E-state index in [0.29, 0.717) is 41.9 Å². The molecule has 8 nitrogen and oxygen atoms in total. The maximum absolute atomic E-state index is 13.4. The molecular weight excluding hydrogens is 440 g/mol. The first kappa shape index (κ1) is 23.3. The van der Waals surface area contributed by atoms with E-state index in [4.69, 9.17) is 4.74 Å². The van der Waals surface area contributed by atoms with Crippen LogP contribution in [0.3, 0.4) is 0 Å². The standard InChI is InChI=1S/C24H30N4O4S/c1-24(2)15-18(10-12-32-24)26-23(29)20-13-19(27-33(3,30)31)14-21-22(20)28(16-25-21)11-9-17-7-5-4-6-8-17/h4-8,13-14,16,18,27H,9-12,15H2,1-3H3,(H,26,29). The summed E-state index contributed by atoms with van der Waals surface area (Å²) in [4.78, 5) is 17.9. The van der Waals surface area contributed by atoms with Crippen LogP contribution in [0.5, 0.6) is 0 Å². The quantitative estimate of drug-likeness (QED) is 0.551. The molecule has 1 aromatic heterocycles. The number of rotatable bonds is 7. The largest absolute Gasteiger partial charge is 0.375 e. The van der Waals surface area contributed by atoms with Gasteiger partial charge in [0.2, 0.25) is 10.0 Å². The maximum Gasteiger partial charge on any atom is 0.253 e.